The molecule has 3 N–H and O–H groups in total. The summed E-state index contributed by atoms with van der Waals surface area (Å²) in [6.07, 6.45) is 1.15. The molecule has 0 spiro atoms. The Bertz CT molecular complexity index is 701. The van der Waals surface area contributed by atoms with E-state index in [1.54, 1.807) is 24.3 Å². The normalized spacial score (nSPS) is 9.91. The molecule has 1 amide bonds. The molecule has 0 fully saturated rings. The van der Waals surface area contributed by atoms with Crippen LogP contribution in [-0.4, -0.2) is 27.8 Å². The number of amides is 1. The minimum Gasteiger partial charge on any atom is -0.367 e. The second-order valence-electron chi connectivity index (χ2n) is 4.37. The first-order valence-corrected chi connectivity index (χ1v) is 6.33. The van der Waals surface area contributed by atoms with Gasteiger partial charge in [-0.2, -0.15) is 0 Å². The topological polar surface area (TPSA) is 122 Å². The van der Waals surface area contributed by atoms with Crippen LogP contribution < -0.4 is 16.2 Å². The fourth-order valence-electron chi connectivity index (χ4n) is 1.72. The van der Waals surface area contributed by atoms with Gasteiger partial charge in [0.05, 0.1) is 4.92 Å². The van der Waals surface area contributed by atoms with Gasteiger partial charge in [0, 0.05) is 12.6 Å². The summed E-state index contributed by atoms with van der Waals surface area (Å²) < 4.78 is 0. The molecule has 114 valence electrons. The molecule has 0 radical (unpaired) electrons. The first-order chi connectivity index (χ1) is 10.5. The van der Waals surface area contributed by atoms with Crippen molar-refractivity contribution < 1.29 is 9.72 Å². The fourth-order valence-corrected chi connectivity index (χ4v) is 1.72. The van der Waals surface area contributed by atoms with Crippen LogP contribution in [0.3, 0.4) is 0 Å². The lowest BCUT2D eigenvalue weighted by molar-refractivity contribution is -0.383. The number of benzene rings is 1. The Balaban J connectivity index is 2.16. The zero-order chi connectivity index (χ0) is 16.1. The molecular weight excluding hydrogens is 288 g/mol. The first kappa shape index (κ1) is 15.2. The quantitative estimate of drug-likeness (QED) is 0.565. The van der Waals surface area contributed by atoms with Crippen molar-refractivity contribution in [2.75, 3.05) is 17.8 Å². The Hall–Kier alpha value is -3.23. The third-order valence-electron chi connectivity index (χ3n) is 2.85. The van der Waals surface area contributed by atoms with E-state index < -0.39 is 10.8 Å². The second-order valence-corrected chi connectivity index (χ2v) is 4.37. The minimum absolute atomic E-state index is 0.0482. The van der Waals surface area contributed by atoms with Gasteiger partial charge in [0.2, 0.25) is 11.6 Å². The van der Waals surface area contributed by atoms with E-state index in [1.807, 2.05) is 6.92 Å². The van der Waals surface area contributed by atoms with Crippen molar-refractivity contribution in [3.05, 3.63) is 51.8 Å². The molecule has 1 heterocycles. The summed E-state index contributed by atoms with van der Waals surface area (Å²) in [5.74, 6) is -0.490. The number of nitro groups is 1. The highest BCUT2D eigenvalue weighted by atomic mass is 16.6. The maximum Gasteiger partial charge on any atom is 0.354 e. The van der Waals surface area contributed by atoms with Gasteiger partial charge in [-0.3, -0.25) is 25.8 Å². The molecule has 0 atom stereocenters. The molecule has 2 aromatic rings. The molecule has 22 heavy (non-hydrogen) atoms. The van der Waals surface area contributed by atoms with E-state index in [2.05, 4.69) is 26.1 Å². The van der Waals surface area contributed by atoms with Crippen molar-refractivity contribution in [1.29, 1.82) is 0 Å². The van der Waals surface area contributed by atoms with Gasteiger partial charge in [0.1, 0.15) is 6.33 Å². The van der Waals surface area contributed by atoms with Gasteiger partial charge >= 0.3 is 5.69 Å². The molecule has 0 saturated carbocycles. The van der Waals surface area contributed by atoms with Crippen LogP contribution in [0.1, 0.15) is 15.9 Å². The van der Waals surface area contributed by atoms with Crippen LogP contribution in [0.25, 0.3) is 0 Å². The number of hydrogen-bond acceptors (Lipinski definition) is 7. The predicted molar refractivity (Wildman–Crippen MR) is 80.5 cm³/mol. The predicted octanol–water partition coefficient (Wildman–Crippen LogP) is 1.49. The number of hydrogen-bond donors (Lipinski definition) is 3. The number of aromatic nitrogens is 2. The number of nitrogens with zero attached hydrogens (tertiary/aromatic N) is 3. The summed E-state index contributed by atoms with van der Waals surface area (Å²) in [5.41, 5.74) is 5.91. The molecule has 0 aliphatic carbocycles. The van der Waals surface area contributed by atoms with Crippen molar-refractivity contribution >= 4 is 23.2 Å². The van der Waals surface area contributed by atoms with Crippen LogP contribution in [0.4, 0.5) is 17.3 Å². The summed E-state index contributed by atoms with van der Waals surface area (Å²) >= 11 is 0. The zero-order valence-electron chi connectivity index (χ0n) is 12.0. The van der Waals surface area contributed by atoms with Gasteiger partial charge in [-0.25, -0.2) is 9.97 Å². The molecule has 0 aliphatic rings. The second kappa shape index (κ2) is 6.48. The van der Waals surface area contributed by atoms with Crippen molar-refractivity contribution in [2.45, 2.75) is 6.92 Å². The number of carbonyl (C=O) groups excluding carboxylic acids is 1. The first-order valence-electron chi connectivity index (χ1n) is 6.33. The van der Waals surface area contributed by atoms with Crippen LogP contribution in [0, 0.1) is 17.0 Å². The number of hydrazine groups is 1. The van der Waals surface area contributed by atoms with Gasteiger partial charge in [-0.1, -0.05) is 17.7 Å². The molecule has 0 bridgehead atoms. The van der Waals surface area contributed by atoms with E-state index in [-0.39, 0.29) is 17.3 Å². The van der Waals surface area contributed by atoms with E-state index in [0.717, 1.165) is 11.9 Å². The smallest absolute Gasteiger partial charge is 0.354 e. The Morgan fingerprint density at radius 2 is 1.82 bits per heavy atom. The van der Waals surface area contributed by atoms with E-state index in [9.17, 15) is 14.9 Å². The third-order valence-corrected chi connectivity index (χ3v) is 2.85. The number of nitrogens with one attached hydrogen (secondary N) is 3. The van der Waals surface area contributed by atoms with Gasteiger partial charge in [0.15, 0.2) is 0 Å². The van der Waals surface area contributed by atoms with Gasteiger partial charge < -0.3 is 5.32 Å². The van der Waals surface area contributed by atoms with E-state index >= 15 is 0 Å². The molecule has 2 rings (SSSR count). The highest BCUT2D eigenvalue weighted by Crippen LogP contribution is 2.27. The highest BCUT2D eigenvalue weighted by Gasteiger charge is 2.22. The van der Waals surface area contributed by atoms with Crippen molar-refractivity contribution in [3.8, 4) is 0 Å². The van der Waals surface area contributed by atoms with Crippen LogP contribution in [0.2, 0.25) is 0 Å². The Labute approximate surface area is 125 Å². The molecule has 0 saturated heterocycles. The average molecular weight is 302 g/mol. The summed E-state index contributed by atoms with van der Waals surface area (Å²) in [6, 6.07) is 6.89. The number of carbonyl (C=O) groups is 1. The molecule has 9 heteroatoms. The molecule has 9 nitrogen and oxygen atoms in total. The molecular formula is C13H14N6O3. The third kappa shape index (κ3) is 3.26. The molecule has 1 aromatic heterocycles. The lowest BCUT2D eigenvalue weighted by Crippen LogP contribution is -2.30. The lowest BCUT2D eigenvalue weighted by Gasteiger charge is -2.09. The van der Waals surface area contributed by atoms with E-state index in [0.29, 0.717) is 5.56 Å². The van der Waals surface area contributed by atoms with Gasteiger partial charge in [-0.05, 0) is 19.1 Å². The molecule has 0 aliphatic heterocycles. The largest absolute Gasteiger partial charge is 0.367 e. The van der Waals surface area contributed by atoms with Crippen LogP contribution >= 0.6 is 0 Å². The summed E-state index contributed by atoms with van der Waals surface area (Å²) in [4.78, 5) is 29.9. The monoisotopic (exact) mass is 302 g/mol. The maximum atomic E-state index is 12.0. The van der Waals surface area contributed by atoms with Crippen molar-refractivity contribution in [1.82, 2.24) is 15.4 Å². The SMILES string of the molecule is CNc1ncnc(NNC(=O)c2ccc(C)cc2)c1[N+](=O)[O-]. The minimum atomic E-state index is -0.633. The summed E-state index contributed by atoms with van der Waals surface area (Å²) in [5, 5.41) is 13.7. The van der Waals surface area contributed by atoms with Gasteiger partial charge in [0.25, 0.3) is 5.91 Å². The summed E-state index contributed by atoms with van der Waals surface area (Å²) in [7, 11) is 1.50. The molecule has 1 aromatic carbocycles. The average Bonchev–Trinajstić information content (AvgIpc) is 2.52. The Kier molecular flexibility index (Phi) is 4.47. The Morgan fingerprint density at radius 3 is 2.41 bits per heavy atom. The number of aryl methyl sites for hydroxylation is 1. The lowest BCUT2D eigenvalue weighted by atomic mass is 10.1. The van der Waals surface area contributed by atoms with Crippen molar-refractivity contribution in [3.63, 3.8) is 0 Å². The summed E-state index contributed by atoms with van der Waals surface area (Å²) in [6.45, 7) is 1.91. The molecule has 0 unspecified atom stereocenters. The van der Waals surface area contributed by atoms with Crippen LogP contribution in [-0.2, 0) is 0 Å². The zero-order valence-corrected chi connectivity index (χ0v) is 12.0. The number of rotatable bonds is 5. The number of anilines is 2. The maximum absolute atomic E-state index is 12.0. The van der Waals surface area contributed by atoms with Gasteiger partial charge in [-0.15, -0.1) is 0 Å². The van der Waals surface area contributed by atoms with Crippen molar-refractivity contribution in [2.24, 2.45) is 0 Å². The van der Waals surface area contributed by atoms with E-state index in [1.165, 1.54) is 7.05 Å². The highest BCUT2D eigenvalue weighted by molar-refractivity contribution is 5.95. The fraction of sp³-hybridized carbons (Fsp3) is 0.154. The standard InChI is InChI=1S/C13H14N6O3/c1-8-3-5-9(6-4-8)13(20)18-17-12-10(19(21)22)11(14-2)15-7-16-12/h3-7H,1-2H3,(H,18,20)(H2,14,15,16,17). The Morgan fingerprint density at radius 1 is 1.18 bits per heavy atom. The van der Waals surface area contributed by atoms with Crippen LogP contribution in [0.15, 0.2) is 30.6 Å². The van der Waals surface area contributed by atoms with Crippen LogP contribution in [0.5, 0.6) is 0 Å². The van der Waals surface area contributed by atoms with E-state index in [4.69, 9.17) is 0 Å².